The quantitative estimate of drug-likeness (QED) is 0.0320. The van der Waals surface area contributed by atoms with Gasteiger partial charge in [0.25, 0.3) is 0 Å². The molecular weight excluding hydrogens is 959 g/mol. The van der Waals surface area contributed by atoms with E-state index in [-0.39, 0.29) is 18.5 Å². The lowest BCUT2D eigenvalue weighted by molar-refractivity contribution is -0.143. The van der Waals surface area contributed by atoms with Gasteiger partial charge in [-0.3, -0.25) is 9.59 Å². The number of unbranched alkanes of at least 4 members (excludes halogenated alkanes) is 54. The normalized spacial score (nSPS) is 12.6. The number of carbonyl (C=O) groups is 2. The predicted molar refractivity (Wildman–Crippen MR) is 343 cm³/mol. The number of allylic oxidation sites excluding steroid dienone is 3. The highest BCUT2D eigenvalue weighted by Gasteiger charge is 2.18. The van der Waals surface area contributed by atoms with Crippen LogP contribution < -0.4 is 5.32 Å². The van der Waals surface area contributed by atoms with Crippen molar-refractivity contribution < 1.29 is 24.5 Å². The van der Waals surface area contributed by atoms with Crippen molar-refractivity contribution in [3.05, 3.63) is 24.3 Å². The second kappa shape index (κ2) is 67.8. The summed E-state index contributed by atoms with van der Waals surface area (Å²) in [5.41, 5.74) is 0. The zero-order valence-corrected chi connectivity index (χ0v) is 52.9. The monoisotopic (exact) mass is 1100 g/mol. The summed E-state index contributed by atoms with van der Waals surface area (Å²) in [6, 6.07) is -0.628. The first kappa shape index (κ1) is 76.3. The number of ether oxygens (including phenoxy) is 1. The lowest BCUT2D eigenvalue weighted by atomic mass is 10.0. The number of aliphatic hydroxyl groups is 2. The summed E-state index contributed by atoms with van der Waals surface area (Å²) < 4.78 is 5.50. The number of amides is 1. The van der Waals surface area contributed by atoms with Gasteiger partial charge in [-0.05, 0) is 57.8 Å². The van der Waals surface area contributed by atoms with E-state index < -0.39 is 12.1 Å². The summed E-state index contributed by atoms with van der Waals surface area (Å²) in [5, 5.41) is 23.2. The van der Waals surface area contributed by atoms with Gasteiger partial charge in [-0.2, -0.15) is 0 Å². The number of hydrogen-bond donors (Lipinski definition) is 3. The third kappa shape index (κ3) is 63.5. The molecule has 0 saturated heterocycles. The molecule has 0 aliphatic heterocycles. The third-order valence-corrected chi connectivity index (χ3v) is 16.7. The second-order valence-corrected chi connectivity index (χ2v) is 24.6. The Morgan fingerprint density at radius 3 is 0.910 bits per heavy atom. The van der Waals surface area contributed by atoms with Crippen molar-refractivity contribution in [3.8, 4) is 0 Å². The largest absolute Gasteiger partial charge is 0.466 e. The van der Waals surface area contributed by atoms with E-state index in [0.717, 1.165) is 44.9 Å². The topological polar surface area (TPSA) is 95.9 Å². The van der Waals surface area contributed by atoms with Crippen molar-refractivity contribution in [1.29, 1.82) is 0 Å². The smallest absolute Gasteiger partial charge is 0.305 e. The molecule has 462 valence electrons. The van der Waals surface area contributed by atoms with Gasteiger partial charge in [0.2, 0.25) is 5.91 Å². The molecular formula is C72H139NO5. The first-order valence-corrected chi connectivity index (χ1v) is 35.6. The molecule has 0 spiro atoms. The van der Waals surface area contributed by atoms with Gasteiger partial charge in [0.05, 0.1) is 25.4 Å². The SMILES string of the molecule is CCCCCCCC/C=C\CCCCCCCCCC(=O)OCCCCCCCCCCCCCCCCCCCCCCCCCCC(=O)NC(CO)C(O)/C=C/CCCCCCCCCCCCCCCCCCCC. The standard InChI is InChI=1S/C72H139NO5/c1-3-5-7-9-11-13-15-17-19-21-22-29-33-36-40-44-48-52-56-60-64-70(75)69(68-74)73-71(76)65-61-57-53-49-45-41-37-34-30-27-25-23-24-26-28-31-35-39-43-47-51-55-59-63-67-78-72(77)66-62-58-54-50-46-42-38-32-20-18-16-14-12-10-8-6-4-2/h18,20,60,64,69-70,74-75H,3-17,19,21-59,61-63,65-68H2,1-2H3,(H,73,76)/b20-18-,64-60+. The fourth-order valence-corrected chi connectivity index (χ4v) is 11.3. The Morgan fingerprint density at radius 2 is 0.603 bits per heavy atom. The van der Waals surface area contributed by atoms with E-state index in [0.29, 0.717) is 19.4 Å². The molecule has 0 aliphatic carbocycles. The highest BCUT2D eigenvalue weighted by Crippen LogP contribution is 2.19. The number of esters is 1. The van der Waals surface area contributed by atoms with Crippen LogP contribution in [0.2, 0.25) is 0 Å². The maximum absolute atomic E-state index is 12.5. The van der Waals surface area contributed by atoms with Gasteiger partial charge in [-0.15, -0.1) is 0 Å². The fourth-order valence-electron chi connectivity index (χ4n) is 11.3. The van der Waals surface area contributed by atoms with E-state index in [9.17, 15) is 19.8 Å². The minimum atomic E-state index is -0.844. The van der Waals surface area contributed by atoms with E-state index in [1.54, 1.807) is 6.08 Å². The minimum absolute atomic E-state index is 0.0125. The number of carbonyl (C=O) groups excluding carboxylic acids is 2. The fraction of sp³-hybridized carbons (Fsp3) is 0.917. The Kier molecular flexibility index (Phi) is 66.4. The van der Waals surface area contributed by atoms with Crippen LogP contribution in [0.3, 0.4) is 0 Å². The lowest BCUT2D eigenvalue weighted by Crippen LogP contribution is -2.45. The minimum Gasteiger partial charge on any atom is -0.466 e. The summed E-state index contributed by atoms with van der Waals surface area (Å²) in [4.78, 5) is 24.6. The molecule has 6 heteroatoms. The van der Waals surface area contributed by atoms with Gasteiger partial charge in [-0.1, -0.05) is 353 Å². The van der Waals surface area contributed by atoms with E-state index in [1.807, 2.05) is 6.08 Å². The van der Waals surface area contributed by atoms with Crippen LogP contribution in [0.15, 0.2) is 24.3 Å². The zero-order valence-electron chi connectivity index (χ0n) is 52.9. The number of hydrogen-bond acceptors (Lipinski definition) is 5. The number of nitrogens with one attached hydrogen (secondary N) is 1. The van der Waals surface area contributed by atoms with Crippen molar-refractivity contribution in [2.75, 3.05) is 13.2 Å². The Labute approximate surface area is 488 Å². The molecule has 78 heavy (non-hydrogen) atoms. The van der Waals surface area contributed by atoms with Gasteiger partial charge < -0.3 is 20.3 Å². The van der Waals surface area contributed by atoms with Crippen LogP contribution in [0.4, 0.5) is 0 Å². The molecule has 2 unspecified atom stereocenters. The summed E-state index contributed by atoms with van der Waals surface area (Å²) in [5.74, 6) is -0.0504. The van der Waals surface area contributed by atoms with Crippen molar-refractivity contribution in [2.24, 2.45) is 0 Å². The molecule has 0 saturated carbocycles. The number of rotatable bonds is 67. The van der Waals surface area contributed by atoms with Gasteiger partial charge in [0.1, 0.15) is 0 Å². The first-order chi connectivity index (χ1) is 38.5. The van der Waals surface area contributed by atoms with Crippen molar-refractivity contribution in [2.45, 2.75) is 411 Å². The summed E-state index contributed by atoms with van der Waals surface area (Å²) in [6.45, 7) is 4.94. The molecule has 0 rings (SSSR count). The highest BCUT2D eigenvalue weighted by molar-refractivity contribution is 5.76. The van der Waals surface area contributed by atoms with E-state index >= 15 is 0 Å². The number of aliphatic hydroxyl groups excluding tert-OH is 2. The van der Waals surface area contributed by atoms with E-state index in [1.165, 1.54) is 327 Å². The van der Waals surface area contributed by atoms with Crippen molar-refractivity contribution >= 4 is 11.9 Å². The molecule has 3 N–H and O–H groups in total. The van der Waals surface area contributed by atoms with Crippen LogP contribution in [-0.4, -0.2) is 47.4 Å². The summed E-state index contributed by atoms with van der Waals surface area (Å²) in [6.07, 6.45) is 85.4. The van der Waals surface area contributed by atoms with Crippen LogP contribution in [0, 0.1) is 0 Å². The molecule has 6 nitrogen and oxygen atoms in total. The molecule has 0 bridgehead atoms. The Bertz CT molecular complexity index is 1220. The molecule has 0 aliphatic rings. The van der Waals surface area contributed by atoms with Gasteiger partial charge >= 0.3 is 5.97 Å². The molecule has 2 atom stereocenters. The molecule has 0 aromatic rings. The maximum Gasteiger partial charge on any atom is 0.305 e. The second-order valence-electron chi connectivity index (χ2n) is 24.6. The summed E-state index contributed by atoms with van der Waals surface area (Å²) >= 11 is 0. The van der Waals surface area contributed by atoms with Crippen LogP contribution >= 0.6 is 0 Å². The Hall–Kier alpha value is -1.66. The van der Waals surface area contributed by atoms with Crippen LogP contribution in [0.25, 0.3) is 0 Å². The lowest BCUT2D eigenvalue weighted by Gasteiger charge is -2.20. The maximum atomic E-state index is 12.5. The van der Waals surface area contributed by atoms with Gasteiger partial charge in [-0.25, -0.2) is 0 Å². The van der Waals surface area contributed by atoms with Crippen molar-refractivity contribution in [1.82, 2.24) is 5.32 Å². The highest BCUT2D eigenvalue weighted by atomic mass is 16.5. The van der Waals surface area contributed by atoms with Crippen molar-refractivity contribution in [3.63, 3.8) is 0 Å². The molecule has 0 aromatic carbocycles. The predicted octanol–water partition coefficient (Wildman–Crippen LogP) is 22.9. The first-order valence-electron chi connectivity index (χ1n) is 35.6. The average Bonchev–Trinajstić information content (AvgIpc) is 3.44. The van der Waals surface area contributed by atoms with Crippen LogP contribution in [-0.2, 0) is 14.3 Å². The van der Waals surface area contributed by atoms with E-state index in [2.05, 4.69) is 31.3 Å². The van der Waals surface area contributed by atoms with Crippen LogP contribution in [0.1, 0.15) is 399 Å². The molecule has 0 fully saturated rings. The Balaban J connectivity index is 3.38. The van der Waals surface area contributed by atoms with Gasteiger partial charge in [0.15, 0.2) is 0 Å². The Morgan fingerprint density at radius 1 is 0.346 bits per heavy atom. The molecule has 0 heterocycles. The third-order valence-electron chi connectivity index (χ3n) is 16.7. The molecule has 1 amide bonds. The molecule has 0 aromatic heterocycles. The average molecular weight is 1100 g/mol. The molecule has 0 radical (unpaired) electrons. The zero-order chi connectivity index (χ0) is 56.4. The van der Waals surface area contributed by atoms with Gasteiger partial charge in [0, 0.05) is 12.8 Å². The van der Waals surface area contributed by atoms with E-state index in [4.69, 9.17) is 4.74 Å². The summed E-state index contributed by atoms with van der Waals surface area (Å²) in [7, 11) is 0. The van der Waals surface area contributed by atoms with Crippen LogP contribution in [0.5, 0.6) is 0 Å².